The number of benzene rings is 4. The lowest BCUT2D eigenvalue weighted by Crippen LogP contribution is -2.09. The highest BCUT2D eigenvalue weighted by Gasteiger charge is 2.25. The number of nitrogens with zero attached hydrogens (tertiary/aromatic N) is 9. The molecule has 0 aliphatic heterocycles. The molecule has 0 bridgehead atoms. The normalized spacial score (nSPS) is 12.3. The Morgan fingerprint density at radius 3 is 1.77 bits per heavy atom. The van der Waals surface area contributed by atoms with Crippen LogP contribution in [0.15, 0.2) is 134 Å². The number of aryl methyl sites for hydroxylation is 1. The van der Waals surface area contributed by atoms with Gasteiger partial charge >= 0.3 is 0 Å². The molecule has 0 saturated heterocycles. The second-order valence-electron chi connectivity index (χ2n) is 11.5. The van der Waals surface area contributed by atoms with Crippen LogP contribution < -0.4 is 0 Å². The molecule has 1 aliphatic carbocycles. The summed E-state index contributed by atoms with van der Waals surface area (Å²) in [6.45, 7) is 0. The van der Waals surface area contributed by atoms with Crippen molar-refractivity contribution in [2.75, 3.05) is 0 Å². The molecule has 9 nitrogen and oxygen atoms in total. The molecule has 0 unspecified atom stereocenters. The fourth-order valence-corrected chi connectivity index (χ4v) is 6.28. The molecule has 8 aromatic rings. The van der Waals surface area contributed by atoms with E-state index in [-0.39, 0.29) is 0 Å². The third kappa shape index (κ3) is 4.76. The number of para-hydroxylation sites is 2. The topological polar surface area (TPSA) is 100 Å². The molecule has 4 aromatic heterocycles. The van der Waals surface area contributed by atoms with Gasteiger partial charge in [-0.1, -0.05) is 103 Å². The number of allylic oxidation sites excluding steroid dienone is 1. The smallest absolute Gasteiger partial charge is 0.241 e. The van der Waals surface area contributed by atoms with Crippen LogP contribution in [0.25, 0.3) is 74.4 Å². The largest absolute Gasteiger partial charge is 0.278 e. The monoisotopic (exact) mass is 621 g/mol. The van der Waals surface area contributed by atoms with E-state index in [0.717, 1.165) is 40.9 Å². The highest BCUT2D eigenvalue weighted by molar-refractivity contribution is 5.90. The summed E-state index contributed by atoms with van der Waals surface area (Å²) in [5.41, 5.74) is 6.89. The quantitative estimate of drug-likeness (QED) is 0.187. The summed E-state index contributed by atoms with van der Waals surface area (Å²) < 4.78 is 4.22. The van der Waals surface area contributed by atoms with Crippen LogP contribution in [0.2, 0.25) is 0 Å². The van der Waals surface area contributed by atoms with Crippen molar-refractivity contribution in [2.24, 2.45) is 0 Å². The molecule has 9 rings (SSSR count). The first-order valence-corrected chi connectivity index (χ1v) is 15.8. The molecule has 0 N–H and O–H groups in total. The average Bonchev–Trinajstić information content (AvgIpc) is 3.75. The maximum atomic E-state index is 4.83. The lowest BCUT2D eigenvalue weighted by Gasteiger charge is -2.14. The van der Waals surface area contributed by atoms with Gasteiger partial charge in [-0.15, -0.1) is 10.2 Å². The molecule has 0 amide bonds. The van der Waals surface area contributed by atoms with Crippen molar-refractivity contribution in [2.45, 2.75) is 12.8 Å². The summed E-state index contributed by atoms with van der Waals surface area (Å²) in [7, 11) is 0. The molecular weight excluding hydrogens is 594 g/mol. The van der Waals surface area contributed by atoms with Gasteiger partial charge in [-0.3, -0.25) is 9.13 Å². The predicted octanol–water partition coefficient (Wildman–Crippen LogP) is 7.81. The second kappa shape index (κ2) is 11.6. The van der Waals surface area contributed by atoms with Gasteiger partial charge in [0.05, 0.1) is 22.5 Å². The number of aromatic nitrogens is 9. The minimum absolute atomic E-state index is 0.433. The van der Waals surface area contributed by atoms with Crippen molar-refractivity contribution in [3.05, 3.63) is 145 Å². The van der Waals surface area contributed by atoms with Gasteiger partial charge < -0.3 is 0 Å². The van der Waals surface area contributed by atoms with E-state index in [0.29, 0.717) is 40.6 Å². The average molecular weight is 622 g/mol. The number of hydrogen-bond donors (Lipinski definition) is 0. The zero-order chi connectivity index (χ0) is 31.9. The van der Waals surface area contributed by atoms with Crippen molar-refractivity contribution in [3.63, 3.8) is 0 Å². The molecule has 0 saturated carbocycles. The van der Waals surface area contributed by atoms with Crippen molar-refractivity contribution in [1.29, 1.82) is 0 Å². The van der Waals surface area contributed by atoms with Crippen LogP contribution in [0.3, 0.4) is 0 Å². The lowest BCUT2D eigenvalue weighted by atomic mass is 10.0. The summed E-state index contributed by atoms with van der Waals surface area (Å²) in [6.07, 6.45) is 9.87. The van der Waals surface area contributed by atoms with Gasteiger partial charge in [-0.2, -0.15) is 0 Å². The summed E-state index contributed by atoms with van der Waals surface area (Å²) in [5.74, 6) is 3.27. The minimum Gasteiger partial charge on any atom is -0.278 e. The van der Waals surface area contributed by atoms with Gasteiger partial charge in [0.25, 0.3) is 0 Å². The van der Waals surface area contributed by atoms with Crippen molar-refractivity contribution in [1.82, 2.24) is 44.3 Å². The molecule has 9 heteroatoms. The Morgan fingerprint density at radius 2 is 1.10 bits per heavy atom. The Labute approximate surface area is 276 Å². The zero-order valence-corrected chi connectivity index (χ0v) is 25.7. The van der Waals surface area contributed by atoms with Crippen LogP contribution in [0, 0.1) is 0 Å². The first-order chi connectivity index (χ1) is 23.8. The Balaban J connectivity index is 1.18. The summed E-state index contributed by atoms with van der Waals surface area (Å²) in [4.78, 5) is 24.1. The highest BCUT2D eigenvalue weighted by Crippen LogP contribution is 2.35. The predicted molar refractivity (Wildman–Crippen MR) is 186 cm³/mol. The molecule has 48 heavy (non-hydrogen) atoms. The number of rotatable bonds is 6. The third-order valence-electron chi connectivity index (χ3n) is 8.53. The maximum absolute atomic E-state index is 4.83. The fraction of sp³-hybridized carbons (Fsp3) is 0.0513. The lowest BCUT2D eigenvalue weighted by molar-refractivity contribution is 0.884. The molecule has 1 aliphatic rings. The van der Waals surface area contributed by atoms with Gasteiger partial charge in [0.2, 0.25) is 11.8 Å². The van der Waals surface area contributed by atoms with Crippen molar-refractivity contribution in [3.8, 4) is 57.4 Å². The van der Waals surface area contributed by atoms with E-state index >= 15 is 0 Å². The van der Waals surface area contributed by atoms with Gasteiger partial charge in [0.15, 0.2) is 23.3 Å². The second-order valence-corrected chi connectivity index (χ2v) is 11.5. The van der Waals surface area contributed by atoms with E-state index in [2.05, 4.69) is 46.1 Å². The van der Waals surface area contributed by atoms with Crippen LogP contribution in [-0.4, -0.2) is 44.3 Å². The van der Waals surface area contributed by atoms with Crippen molar-refractivity contribution >= 4 is 17.0 Å². The number of fused-ring (bicyclic) bond motifs is 3. The molecule has 4 heterocycles. The van der Waals surface area contributed by atoms with E-state index in [4.69, 9.17) is 30.0 Å². The number of hydrogen-bond acceptors (Lipinski definition) is 7. The van der Waals surface area contributed by atoms with Gasteiger partial charge in [0, 0.05) is 28.9 Å². The van der Waals surface area contributed by atoms with E-state index < -0.39 is 0 Å². The molecule has 0 atom stereocenters. The Bertz CT molecular complexity index is 2370. The zero-order valence-electron chi connectivity index (χ0n) is 25.7. The van der Waals surface area contributed by atoms with E-state index in [1.807, 2.05) is 95.6 Å². The van der Waals surface area contributed by atoms with Crippen LogP contribution in [-0.2, 0) is 6.42 Å². The van der Waals surface area contributed by atoms with Crippen LogP contribution >= 0.6 is 0 Å². The summed E-state index contributed by atoms with van der Waals surface area (Å²) in [6, 6.07) is 38.3. The molecule has 0 spiro atoms. The Kier molecular flexibility index (Phi) is 6.71. The van der Waals surface area contributed by atoms with Gasteiger partial charge in [-0.25, -0.2) is 24.9 Å². The van der Waals surface area contributed by atoms with Gasteiger partial charge in [0.1, 0.15) is 0 Å². The standard InChI is InChI=1S/C39H27N9/c1-4-14-26(15-5-1)34-42-35(27-16-6-2-7-17-27)44-36(43-34)28-24-40-37(41-25-28)38-45-46-39(47(38)29-18-8-3-9-19-29)48-32-22-12-10-20-30(32)31-21-11-13-23-33(31)48/h1-10,12-20,22-25H,11,21H2. The van der Waals surface area contributed by atoms with E-state index in [1.54, 1.807) is 12.4 Å². The maximum Gasteiger partial charge on any atom is 0.241 e. The van der Waals surface area contributed by atoms with Gasteiger partial charge in [-0.05, 0) is 42.7 Å². The fourth-order valence-electron chi connectivity index (χ4n) is 6.28. The third-order valence-corrected chi connectivity index (χ3v) is 8.53. The minimum atomic E-state index is 0.433. The molecule has 4 aromatic carbocycles. The first-order valence-electron chi connectivity index (χ1n) is 15.8. The van der Waals surface area contributed by atoms with E-state index in [1.165, 1.54) is 10.9 Å². The first kappa shape index (κ1) is 27.7. The SMILES string of the molecule is C1=Cc2c(c3ccccc3n2-c2nnc(-c3ncc(-c4nc(-c5ccccc5)nc(-c5ccccc5)n4)cn3)n2-c2ccccc2)CC1. The molecule has 0 radical (unpaired) electrons. The summed E-state index contributed by atoms with van der Waals surface area (Å²) in [5, 5.41) is 10.7. The molecule has 0 fully saturated rings. The van der Waals surface area contributed by atoms with Crippen LogP contribution in [0.4, 0.5) is 0 Å². The van der Waals surface area contributed by atoms with Crippen LogP contribution in [0.5, 0.6) is 0 Å². The Morgan fingerprint density at radius 1 is 0.521 bits per heavy atom. The summed E-state index contributed by atoms with van der Waals surface area (Å²) >= 11 is 0. The highest BCUT2D eigenvalue weighted by atomic mass is 15.4. The van der Waals surface area contributed by atoms with Crippen LogP contribution in [0.1, 0.15) is 17.7 Å². The van der Waals surface area contributed by atoms with E-state index in [9.17, 15) is 0 Å². The Hall–Kier alpha value is -6.61. The van der Waals surface area contributed by atoms with Crippen molar-refractivity contribution < 1.29 is 0 Å². The molecule has 228 valence electrons. The molecular formula is C39H27N9.